The fraction of sp³-hybridized carbons (Fsp3) is 0.538. The third kappa shape index (κ3) is 3.96. The fourth-order valence-electron chi connectivity index (χ4n) is 2.00. The van der Waals surface area contributed by atoms with Crippen molar-refractivity contribution in [3.05, 3.63) is 34.9 Å². The molecule has 0 aromatic heterocycles. The summed E-state index contributed by atoms with van der Waals surface area (Å²) in [6.07, 6.45) is 1.15. The standard InChI is InChI=1S/C13H18ClNO2/c1-16-9-13-7-15-12(8-17-13)6-10-2-4-11(14)5-3-10/h2-5,12-13,15H,6-9H2,1H3/t12-,13?/m0/s1. The summed E-state index contributed by atoms with van der Waals surface area (Å²) in [5.74, 6) is 0. The van der Waals surface area contributed by atoms with Crippen LogP contribution in [-0.2, 0) is 15.9 Å². The molecule has 1 heterocycles. The first-order chi connectivity index (χ1) is 8.28. The van der Waals surface area contributed by atoms with E-state index in [2.05, 4.69) is 17.4 Å². The van der Waals surface area contributed by atoms with E-state index >= 15 is 0 Å². The molecule has 0 radical (unpaired) electrons. The number of morpholine rings is 1. The van der Waals surface area contributed by atoms with Gasteiger partial charge in [-0.2, -0.15) is 0 Å². The number of hydrogen-bond donors (Lipinski definition) is 1. The van der Waals surface area contributed by atoms with Crippen LogP contribution in [0.5, 0.6) is 0 Å². The lowest BCUT2D eigenvalue weighted by molar-refractivity contribution is -0.0356. The number of halogens is 1. The molecule has 1 saturated heterocycles. The molecular weight excluding hydrogens is 238 g/mol. The summed E-state index contributed by atoms with van der Waals surface area (Å²) in [5, 5.41) is 4.26. The highest BCUT2D eigenvalue weighted by Crippen LogP contribution is 2.12. The van der Waals surface area contributed by atoms with Crippen molar-refractivity contribution in [1.82, 2.24) is 5.32 Å². The first-order valence-electron chi connectivity index (χ1n) is 5.86. The van der Waals surface area contributed by atoms with Crippen LogP contribution in [0.2, 0.25) is 5.02 Å². The van der Waals surface area contributed by atoms with Crippen molar-refractivity contribution in [2.75, 3.05) is 26.9 Å². The second kappa shape index (κ2) is 6.36. The lowest BCUT2D eigenvalue weighted by Gasteiger charge is -2.30. The molecule has 0 amide bonds. The number of methoxy groups -OCH3 is 1. The number of ether oxygens (including phenoxy) is 2. The molecule has 1 N–H and O–H groups in total. The Morgan fingerprint density at radius 3 is 2.76 bits per heavy atom. The van der Waals surface area contributed by atoms with Crippen molar-refractivity contribution in [2.45, 2.75) is 18.6 Å². The normalized spacial score (nSPS) is 24.8. The highest BCUT2D eigenvalue weighted by Gasteiger charge is 2.20. The average molecular weight is 256 g/mol. The minimum absolute atomic E-state index is 0.182. The van der Waals surface area contributed by atoms with Crippen LogP contribution in [0.25, 0.3) is 0 Å². The number of benzene rings is 1. The SMILES string of the molecule is COCC1CN[C@@H](Cc2ccc(Cl)cc2)CO1. The van der Waals surface area contributed by atoms with Gasteiger partial charge >= 0.3 is 0 Å². The van der Waals surface area contributed by atoms with Gasteiger partial charge in [0.25, 0.3) is 0 Å². The van der Waals surface area contributed by atoms with Crippen molar-refractivity contribution < 1.29 is 9.47 Å². The summed E-state index contributed by atoms with van der Waals surface area (Å²) in [6.45, 7) is 2.24. The van der Waals surface area contributed by atoms with Gasteiger partial charge in [-0.15, -0.1) is 0 Å². The van der Waals surface area contributed by atoms with Crippen molar-refractivity contribution in [2.24, 2.45) is 0 Å². The minimum atomic E-state index is 0.182. The molecule has 2 rings (SSSR count). The van der Waals surface area contributed by atoms with E-state index in [0.29, 0.717) is 12.6 Å². The zero-order valence-electron chi connectivity index (χ0n) is 9.99. The van der Waals surface area contributed by atoms with Crippen LogP contribution in [0.1, 0.15) is 5.56 Å². The second-order valence-corrected chi connectivity index (χ2v) is 4.78. The van der Waals surface area contributed by atoms with Gasteiger partial charge in [0.1, 0.15) is 0 Å². The molecule has 1 aliphatic heterocycles. The summed E-state index contributed by atoms with van der Waals surface area (Å²) < 4.78 is 10.8. The third-order valence-electron chi connectivity index (χ3n) is 2.92. The maximum atomic E-state index is 5.85. The molecule has 0 saturated carbocycles. The molecule has 17 heavy (non-hydrogen) atoms. The van der Waals surface area contributed by atoms with E-state index in [1.54, 1.807) is 7.11 Å². The number of rotatable bonds is 4. The quantitative estimate of drug-likeness (QED) is 0.891. The van der Waals surface area contributed by atoms with E-state index < -0.39 is 0 Å². The molecule has 1 fully saturated rings. The fourth-order valence-corrected chi connectivity index (χ4v) is 2.12. The zero-order valence-corrected chi connectivity index (χ0v) is 10.7. The van der Waals surface area contributed by atoms with Gasteiger partial charge < -0.3 is 14.8 Å². The van der Waals surface area contributed by atoms with E-state index in [0.717, 1.165) is 24.6 Å². The van der Waals surface area contributed by atoms with E-state index in [1.165, 1.54) is 5.56 Å². The molecule has 1 unspecified atom stereocenters. The van der Waals surface area contributed by atoms with Crippen LogP contribution in [0.4, 0.5) is 0 Å². The highest BCUT2D eigenvalue weighted by molar-refractivity contribution is 6.30. The van der Waals surface area contributed by atoms with Crippen LogP contribution in [0.15, 0.2) is 24.3 Å². The molecule has 4 heteroatoms. The topological polar surface area (TPSA) is 30.5 Å². The van der Waals surface area contributed by atoms with Gasteiger partial charge in [0.15, 0.2) is 0 Å². The Labute approximate surface area is 107 Å². The summed E-state index contributed by atoms with van der Waals surface area (Å²) in [5.41, 5.74) is 1.28. The van der Waals surface area contributed by atoms with Crippen LogP contribution < -0.4 is 5.32 Å². The van der Waals surface area contributed by atoms with Crippen molar-refractivity contribution in [3.8, 4) is 0 Å². The Morgan fingerprint density at radius 2 is 2.18 bits per heavy atom. The third-order valence-corrected chi connectivity index (χ3v) is 3.17. The predicted octanol–water partition coefficient (Wildman–Crippen LogP) is 1.89. The maximum absolute atomic E-state index is 5.85. The Hall–Kier alpha value is -0.610. The van der Waals surface area contributed by atoms with Gasteiger partial charge in [-0.25, -0.2) is 0 Å². The largest absolute Gasteiger partial charge is 0.382 e. The minimum Gasteiger partial charge on any atom is -0.382 e. The molecule has 94 valence electrons. The Bertz CT molecular complexity index is 334. The molecule has 0 aliphatic carbocycles. The Balaban J connectivity index is 1.79. The van der Waals surface area contributed by atoms with Crippen LogP contribution in [-0.4, -0.2) is 39.0 Å². The van der Waals surface area contributed by atoms with Crippen molar-refractivity contribution in [1.29, 1.82) is 0 Å². The van der Waals surface area contributed by atoms with Crippen LogP contribution >= 0.6 is 11.6 Å². The Kier molecular flexibility index (Phi) is 4.80. The molecular formula is C13H18ClNO2. The number of nitrogens with one attached hydrogen (secondary N) is 1. The Morgan fingerprint density at radius 1 is 1.41 bits per heavy atom. The molecule has 1 aromatic carbocycles. The van der Waals surface area contributed by atoms with Gasteiger partial charge in [0.2, 0.25) is 0 Å². The van der Waals surface area contributed by atoms with Crippen molar-refractivity contribution in [3.63, 3.8) is 0 Å². The van der Waals surface area contributed by atoms with E-state index in [1.807, 2.05) is 12.1 Å². The lowest BCUT2D eigenvalue weighted by atomic mass is 10.1. The monoisotopic (exact) mass is 255 g/mol. The van der Waals surface area contributed by atoms with Crippen molar-refractivity contribution >= 4 is 11.6 Å². The molecule has 0 spiro atoms. The van der Waals surface area contributed by atoms with Crippen LogP contribution in [0, 0.1) is 0 Å². The van der Waals surface area contributed by atoms with E-state index in [4.69, 9.17) is 21.1 Å². The van der Waals surface area contributed by atoms with Gasteiger partial charge in [-0.3, -0.25) is 0 Å². The summed E-state index contributed by atoms with van der Waals surface area (Å²) in [7, 11) is 1.70. The van der Waals surface area contributed by atoms with E-state index in [9.17, 15) is 0 Å². The van der Waals surface area contributed by atoms with Gasteiger partial charge in [0, 0.05) is 24.7 Å². The summed E-state index contributed by atoms with van der Waals surface area (Å²) in [6, 6.07) is 8.35. The highest BCUT2D eigenvalue weighted by atomic mass is 35.5. The number of hydrogen-bond acceptors (Lipinski definition) is 3. The smallest absolute Gasteiger partial charge is 0.0933 e. The molecule has 3 nitrogen and oxygen atoms in total. The molecule has 1 aliphatic rings. The van der Waals surface area contributed by atoms with Crippen LogP contribution in [0.3, 0.4) is 0 Å². The summed E-state index contributed by atoms with van der Waals surface area (Å²) in [4.78, 5) is 0. The molecule has 1 aromatic rings. The van der Waals surface area contributed by atoms with Gasteiger partial charge in [-0.1, -0.05) is 23.7 Å². The molecule has 2 atom stereocenters. The lowest BCUT2D eigenvalue weighted by Crippen LogP contribution is -2.48. The zero-order chi connectivity index (χ0) is 12.1. The average Bonchev–Trinajstić information content (AvgIpc) is 2.35. The summed E-state index contributed by atoms with van der Waals surface area (Å²) >= 11 is 5.85. The first kappa shape index (κ1) is 12.8. The predicted molar refractivity (Wildman–Crippen MR) is 68.6 cm³/mol. The maximum Gasteiger partial charge on any atom is 0.0933 e. The van der Waals surface area contributed by atoms with Gasteiger partial charge in [-0.05, 0) is 24.1 Å². The first-order valence-corrected chi connectivity index (χ1v) is 6.24. The second-order valence-electron chi connectivity index (χ2n) is 4.35. The van der Waals surface area contributed by atoms with E-state index in [-0.39, 0.29) is 6.10 Å². The van der Waals surface area contributed by atoms with Gasteiger partial charge in [0.05, 0.1) is 19.3 Å². The molecule has 0 bridgehead atoms.